The Morgan fingerprint density at radius 1 is 1.14 bits per heavy atom. The van der Waals surface area contributed by atoms with Crippen molar-refractivity contribution < 1.29 is 18.7 Å². The molecular formula is C27H34N4O4. The van der Waals surface area contributed by atoms with Crippen molar-refractivity contribution in [1.29, 1.82) is 0 Å². The van der Waals surface area contributed by atoms with E-state index in [0.29, 0.717) is 43.8 Å². The molecule has 1 fully saturated rings. The number of aromatic nitrogens is 2. The first-order valence-electron chi connectivity index (χ1n) is 12.1. The van der Waals surface area contributed by atoms with Gasteiger partial charge in [-0.05, 0) is 82.9 Å². The molecule has 1 aromatic carbocycles. The maximum atomic E-state index is 13.2. The molecule has 0 atom stereocenters. The number of rotatable bonds is 5. The van der Waals surface area contributed by atoms with Crippen LogP contribution in [0.1, 0.15) is 72.5 Å². The van der Waals surface area contributed by atoms with E-state index < -0.39 is 5.60 Å². The Labute approximate surface area is 206 Å². The summed E-state index contributed by atoms with van der Waals surface area (Å²) >= 11 is 0. The highest BCUT2D eigenvalue weighted by Crippen LogP contribution is 2.33. The maximum absolute atomic E-state index is 13.2. The minimum absolute atomic E-state index is 0.0714. The van der Waals surface area contributed by atoms with E-state index in [-0.39, 0.29) is 17.9 Å². The molecule has 186 valence electrons. The van der Waals surface area contributed by atoms with Gasteiger partial charge in [0.2, 0.25) is 0 Å². The largest absolute Gasteiger partial charge is 0.467 e. The Bertz CT molecular complexity index is 1180. The van der Waals surface area contributed by atoms with Crippen molar-refractivity contribution in [3.63, 3.8) is 0 Å². The van der Waals surface area contributed by atoms with Crippen LogP contribution in [0.25, 0.3) is 5.69 Å². The average molecular weight is 479 g/mol. The molecule has 1 N–H and O–H groups in total. The first-order chi connectivity index (χ1) is 16.6. The lowest BCUT2D eigenvalue weighted by molar-refractivity contribution is 0.0203. The number of likely N-dealkylation sites (tertiary alicyclic amines) is 1. The zero-order valence-electron chi connectivity index (χ0n) is 21.1. The number of carbonyl (C=O) groups is 2. The van der Waals surface area contributed by atoms with Gasteiger partial charge in [-0.1, -0.05) is 6.07 Å². The summed E-state index contributed by atoms with van der Waals surface area (Å²) in [6.07, 6.45) is 4.36. The van der Waals surface area contributed by atoms with Crippen LogP contribution < -0.4 is 5.32 Å². The van der Waals surface area contributed by atoms with Gasteiger partial charge >= 0.3 is 6.09 Å². The highest BCUT2D eigenvalue weighted by molar-refractivity contribution is 5.95. The lowest BCUT2D eigenvalue weighted by Gasteiger charge is -2.34. The van der Waals surface area contributed by atoms with Gasteiger partial charge in [0.25, 0.3) is 5.91 Å². The van der Waals surface area contributed by atoms with Crippen molar-refractivity contribution in [3.8, 4) is 5.69 Å². The monoisotopic (exact) mass is 478 g/mol. The number of nitrogens with one attached hydrogen (secondary N) is 1. The molecule has 3 heterocycles. The number of furan rings is 1. The quantitative estimate of drug-likeness (QED) is 0.549. The van der Waals surface area contributed by atoms with E-state index in [9.17, 15) is 9.59 Å². The molecule has 0 bridgehead atoms. The topological polar surface area (TPSA) is 89.6 Å². The first kappa shape index (κ1) is 24.6. The summed E-state index contributed by atoms with van der Waals surface area (Å²) in [7, 11) is 0. The van der Waals surface area contributed by atoms with Crippen LogP contribution in [-0.2, 0) is 11.3 Å². The van der Waals surface area contributed by atoms with Crippen LogP contribution in [0.3, 0.4) is 0 Å². The van der Waals surface area contributed by atoms with Gasteiger partial charge in [-0.15, -0.1) is 0 Å². The first-order valence-corrected chi connectivity index (χ1v) is 12.1. The zero-order chi connectivity index (χ0) is 25.2. The molecule has 8 nitrogen and oxygen atoms in total. The summed E-state index contributed by atoms with van der Waals surface area (Å²) in [4.78, 5) is 27.5. The molecule has 0 saturated carbocycles. The normalized spacial score (nSPS) is 14.7. The number of ether oxygens (including phenoxy) is 1. The number of aryl methyl sites for hydroxylation is 2. The molecule has 0 aliphatic carbocycles. The number of piperidine rings is 1. The van der Waals surface area contributed by atoms with Crippen LogP contribution in [-0.4, -0.2) is 45.4 Å². The zero-order valence-corrected chi connectivity index (χ0v) is 21.1. The summed E-state index contributed by atoms with van der Waals surface area (Å²) in [6.45, 7) is 11.2. The van der Waals surface area contributed by atoms with E-state index in [1.165, 1.54) is 5.56 Å². The van der Waals surface area contributed by atoms with E-state index in [0.717, 1.165) is 16.9 Å². The lowest BCUT2D eigenvalue weighted by Crippen LogP contribution is -2.41. The molecule has 2 amide bonds. The highest BCUT2D eigenvalue weighted by Gasteiger charge is 2.32. The molecule has 3 aromatic rings. The van der Waals surface area contributed by atoms with E-state index in [1.54, 1.807) is 23.4 Å². The van der Waals surface area contributed by atoms with Crippen LogP contribution >= 0.6 is 0 Å². The number of nitrogens with zero attached hydrogens (tertiary/aromatic N) is 3. The highest BCUT2D eigenvalue weighted by atomic mass is 16.6. The van der Waals surface area contributed by atoms with Gasteiger partial charge in [0.1, 0.15) is 11.4 Å². The van der Waals surface area contributed by atoms with Crippen molar-refractivity contribution in [2.75, 3.05) is 13.1 Å². The van der Waals surface area contributed by atoms with Crippen molar-refractivity contribution in [1.82, 2.24) is 20.0 Å². The smallest absolute Gasteiger partial charge is 0.410 e. The van der Waals surface area contributed by atoms with Gasteiger partial charge in [0.15, 0.2) is 0 Å². The Kier molecular flexibility index (Phi) is 7.00. The molecule has 1 aliphatic rings. The third-order valence-corrected chi connectivity index (χ3v) is 6.32. The summed E-state index contributed by atoms with van der Waals surface area (Å²) in [5.74, 6) is 0.565. The van der Waals surface area contributed by atoms with Crippen molar-refractivity contribution >= 4 is 12.0 Å². The second-order valence-electron chi connectivity index (χ2n) is 10.1. The van der Waals surface area contributed by atoms with E-state index in [4.69, 9.17) is 9.15 Å². The lowest BCUT2D eigenvalue weighted by atomic mass is 9.90. The van der Waals surface area contributed by atoms with Crippen molar-refractivity contribution in [3.05, 3.63) is 70.9 Å². The van der Waals surface area contributed by atoms with Crippen LogP contribution in [0, 0.1) is 13.8 Å². The van der Waals surface area contributed by atoms with Crippen LogP contribution in [0.15, 0.2) is 47.2 Å². The molecule has 35 heavy (non-hydrogen) atoms. The molecule has 1 aliphatic heterocycles. The van der Waals surface area contributed by atoms with Gasteiger partial charge < -0.3 is 19.4 Å². The third kappa shape index (κ3) is 5.75. The average Bonchev–Trinajstić information content (AvgIpc) is 3.48. The molecular weight excluding hydrogens is 444 g/mol. The fraction of sp³-hybridized carbons (Fsp3) is 0.444. The fourth-order valence-corrected chi connectivity index (χ4v) is 4.33. The van der Waals surface area contributed by atoms with Crippen molar-refractivity contribution in [2.45, 2.75) is 65.5 Å². The number of benzene rings is 1. The molecule has 8 heteroatoms. The van der Waals surface area contributed by atoms with Crippen LogP contribution in [0.5, 0.6) is 0 Å². The third-order valence-electron chi connectivity index (χ3n) is 6.32. The summed E-state index contributed by atoms with van der Waals surface area (Å²) in [6, 6.07) is 9.80. The summed E-state index contributed by atoms with van der Waals surface area (Å²) < 4.78 is 12.8. The standard InChI is InChI=1S/C27H34N4O4/c1-18-8-9-21(15-19(18)2)31-24(20-10-12-30(13-11-20)26(33)35-27(3,4)5)23(17-29-31)25(32)28-16-22-7-6-14-34-22/h6-9,14-15,17,20H,10-13,16H2,1-5H3,(H,28,32). The summed E-state index contributed by atoms with van der Waals surface area (Å²) in [5.41, 5.74) is 4.16. The van der Waals surface area contributed by atoms with Crippen LogP contribution in [0.4, 0.5) is 4.79 Å². The minimum Gasteiger partial charge on any atom is -0.467 e. The fourth-order valence-electron chi connectivity index (χ4n) is 4.33. The molecule has 0 unspecified atom stereocenters. The van der Waals surface area contributed by atoms with Gasteiger partial charge in [0, 0.05) is 19.0 Å². The molecule has 4 rings (SSSR count). The van der Waals surface area contributed by atoms with Gasteiger partial charge in [-0.3, -0.25) is 4.79 Å². The minimum atomic E-state index is -0.533. The maximum Gasteiger partial charge on any atom is 0.410 e. The Morgan fingerprint density at radius 2 is 1.89 bits per heavy atom. The van der Waals surface area contributed by atoms with Gasteiger partial charge in [0.05, 0.1) is 35.9 Å². The van der Waals surface area contributed by atoms with Crippen molar-refractivity contribution in [2.24, 2.45) is 0 Å². The SMILES string of the molecule is Cc1ccc(-n2ncc(C(=O)NCc3ccco3)c2C2CCN(C(=O)OC(C)(C)C)CC2)cc1C. The number of amides is 2. The number of carbonyl (C=O) groups excluding carboxylic acids is 2. The second kappa shape index (κ2) is 9.98. The predicted octanol–water partition coefficient (Wildman–Crippen LogP) is 5.13. The predicted molar refractivity (Wildman–Crippen MR) is 133 cm³/mol. The number of hydrogen-bond acceptors (Lipinski definition) is 5. The molecule has 1 saturated heterocycles. The van der Waals surface area contributed by atoms with Crippen LogP contribution in [0.2, 0.25) is 0 Å². The number of hydrogen-bond donors (Lipinski definition) is 1. The van der Waals surface area contributed by atoms with Gasteiger partial charge in [-0.2, -0.15) is 5.10 Å². The molecule has 2 aromatic heterocycles. The Balaban J connectivity index is 1.59. The molecule has 0 spiro atoms. The summed E-state index contributed by atoms with van der Waals surface area (Å²) in [5, 5.41) is 7.58. The van der Waals surface area contributed by atoms with E-state index in [1.807, 2.05) is 37.6 Å². The second-order valence-corrected chi connectivity index (χ2v) is 10.1. The Hall–Kier alpha value is -3.55. The van der Waals surface area contributed by atoms with Gasteiger partial charge in [-0.25, -0.2) is 9.48 Å². The van der Waals surface area contributed by atoms with E-state index in [2.05, 4.69) is 36.4 Å². The molecule has 0 radical (unpaired) electrons. The van der Waals surface area contributed by atoms with E-state index >= 15 is 0 Å². The Morgan fingerprint density at radius 3 is 2.51 bits per heavy atom.